The Morgan fingerprint density at radius 3 is 2.56 bits per heavy atom. The summed E-state index contributed by atoms with van der Waals surface area (Å²) < 4.78 is 2.06. The summed E-state index contributed by atoms with van der Waals surface area (Å²) in [5.41, 5.74) is 11.9. The van der Waals surface area contributed by atoms with Crippen LogP contribution in [-0.4, -0.2) is 50.4 Å². The Hall–Kier alpha value is -3.35. The summed E-state index contributed by atoms with van der Waals surface area (Å²) in [6.45, 7) is 2.96. The average Bonchev–Trinajstić information content (AvgIpc) is 3.20. The van der Waals surface area contributed by atoms with Crippen molar-refractivity contribution in [3.8, 4) is 22.6 Å². The van der Waals surface area contributed by atoms with Gasteiger partial charge in [-0.3, -0.25) is 0 Å². The fraction of sp³-hybridized carbons (Fsp3) is 0.269. The van der Waals surface area contributed by atoms with E-state index in [0.29, 0.717) is 5.69 Å². The van der Waals surface area contributed by atoms with Crippen molar-refractivity contribution in [2.45, 2.75) is 25.4 Å². The van der Waals surface area contributed by atoms with E-state index in [0.717, 1.165) is 66.7 Å². The van der Waals surface area contributed by atoms with Gasteiger partial charge in [-0.1, -0.05) is 24.3 Å². The SMILES string of the molecule is Nc1ccnc2c1c(-c1cccc(O)c1)cn2-c1ccc(CCN2CCC(O)CC2)cc1. The predicted octanol–water partition coefficient (Wildman–Crippen LogP) is 3.98. The molecule has 1 aliphatic rings. The minimum absolute atomic E-state index is 0.130. The Balaban J connectivity index is 1.43. The second kappa shape index (κ2) is 8.65. The summed E-state index contributed by atoms with van der Waals surface area (Å²) in [6.07, 6.45) is 6.37. The van der Waals surface area contributed by atoms with Crippen LogP contribution in [0.4, 0.5) is 5.69 Å². The van der Waals surface area contributed by atoms with Gasteiger partial charge in [-0.15, -0.1) is 0 Å². The Morgan fingerprint density at radius 1 is 1.03 bits per heavy atom. The molecule has 1 aliphatic heterocycles. The smallest absolute Gasteiger partial charge is 0.147 e. The number of phenolic OH excluding ortho intramolecular Hbond substituents is 1. The van der Waals surface area contributed by atoms with E-state index in [4.69, 9.17) is 5.73 Å². The molecule has 0 amide bonds. The molecule has 6 nitrogen and oxygen atoms in total. The fourth-order valence-electron chi connectivity index (χ4n) is 4.52. The molecular weight excluding hydrogens is 400 g/mol. The highest BCUT2D eigenvalue weighted by Gasteiger charge is 2.17. The van der Waals surface area contributed by atoms with Crippen LogP contribution in [0.2, 0.25) is 0 Å². The summed E-state index contributed by atoms with van der Waals surface area (Å²) in [7, 11) is 0. The summed E-state index contributed by atoms with van der Waals surface area (Å²) in [5.74, 6) is 0.221. The third-order valence-corrected chi connectivity index (χ3v) is 6.36. The van der Waals surface area contributed by atoms with Gasteiger partial charge in [0.2, 0.25) is 0 Å². The number of nitrogens with two attached hydrogens (primary N) is 1. The van der Waals surface area contributed by atoms with Gasteiger partial charge in [0.15, 0.2) is 0 Å². The third kappa shape index (κ3) is 4.07. The van der Waals surface area contributed by atoms with Crippen LogP contribution >= 0.6 is 0 Å². The van der Waals surface area contributed by atoms with E-state index in [2.05, 4.69) is 38.7 Å². The van der Waals surface area contributed by atoms with Crippen LogP contribution < -0.4 is 5.73 Å². The molecular formula is C26H28N4O2. The molecule has 3 heterocycles. The number of nitrogen functional groups attached to an aromatic ring is 1. The first kappa shape index (κ1) is 20.5. The number of anilines is 1. The van der Waals surface area contributed by atoms with Crippen LogP contribution in [0.3, 0.4) is 0 Å². The lowest BCUT2D eigenvalue weighted by Gasteiger charge is -2.29. The molecule has 0 radical (unpaired) electrons. The number of aromatic hydroxyl groups is 1. The number of likely N-dealkylation sites (tertiary alicyclic amines) is 1. The summed E-state index contributed by atoms with van der Waals surface area (Å²) >= 11 is 0. The Labute approximate surface area is 187 Å². The predicted molar refractivity (Wildman–Crippen MR) is 128 cm³/mol. The first-order valence-electron chi connectivity index (χ1n) is 11.1. The molecule has 2 aromatic carbocycles. The van der Waals surface area contributed by atoms with E-state index in [-0.39, 0.29) is 11.9 Å². The maximum absolute atomic E-state index is 9.96. The van der Waals surface area contributed by atoms with Crippen molar-refractivity contribution >= 4 is 16.7 Å². The van der Waals surface area contributed by atoms with E-state index in [1.54, 1.807) is 18.3 Å². The van der Waals surface area contributed by atoms with Crippen LogP contribution in [-0.2, 0) is 6.42 Å². The molecule has 4 aromatic rings. The Kier molecular flexibility index (Phi) is 5.55. The normalized spacial score (nSPS) is 15.4. The third-order valence-electron chi connectivity index (χ3n) is 6.36. The number of fused-ring (bicyclic) bond motifs is 1. The van der Waals surface area contributed by atoms with Crippen LogP contribution in [0.15, 0.2) is 67.0 Å². The second-order valence-electron chi connectivity index (χ2n) is 8.55. The number of phenols is 1. The molecule has 0 saturated carbocycles. The van der Waals surface area contributed by atoms with E-state index >= 15 is 0 Å². The maximum Gasteiger partial charge on any atom is 0.147 e. The van der Waals surface area contributed by atoms with Crippen LogP contribution in [0.5, 0.6) is 5.75 Å². The van der Waals surface area contributed by atoms with Crippen molar-refractivity contribution in [1.29, 1.82) is 0 Å². The molecule has 0 aliphatic carbocycles. The standard InChI is InChI=1S/C26H28N4O2/c27-24-8-12-28-26-25(24)23(19-2-1-3-22(32)16-19)17-30(26)20-6-4-18(5-7-20)9-13-29-14-10-21(31)11-15-29/h1-8,12,16-17,21,31-32H,9-11,13-15H2,(H2,27,28). The van der Waals surface area contributed by atoms with Crippen molar-refractivity contribution in [1.82, 2.24) is 14.5 Å². The van der Waals surface area contributed by atoms with E-state index in [1.165, 1.54) is 5.56 Å². The van der Waals surface area contributed by atoms with Gasteiger partial charge in [0, 0.05) is 49.0 Å². The molecule has 1 saturated heterocycles. The molecule has 1 fully saturated rings. The largest absolute Gasteiger partial charge is 0.508 e. The number of nitrogens with zero attached hydrogens (tertiary/aromatic N) is 3. The molecule has 5 rings (SSSR count). The highest BCUT2D eigenvalue weighted by atomic mass is 16.3. The lowest BCUT2D eigenvalue weighted by Crippen LogP contribution is -2.37. The number of aliphatic hydroxyl groups excluding tert-OH is 1. The number of rotatable bonds is 5. The summed E-state index contributed by atoms with van der Waals surface area (Å²) in [6, 6.07) is 17.6. The number of hydrogen-bond donors (Lipinski definition) is 3. The van der Waals surface area contributed by atoms with Gasteiger partial charge in [-0.25, -0.2) is 4.98 Å². The zero-order valence-corrected chi connectivity index (χ0v) is 18.0. The summed E-state index contributed by atoms with van der Waals surface area (Å²) in [5, 5.41) is 20.5. The molecule has 164 valence electrons. The van der Waals surface area contributed by atoms with Gasteiger partial charge in [-0.2, -0.15) is 0 Å². The van der Waals surface area contributed by atoms with Gasteiger partial charge in [0.25, 0.3) is 0 Å². The van der Waals surface area contributed by atoms with E-state index < -0.39 is 0 Å². The molecule has 32 heavy (non-hydrogen) atoms. The molecule has 6 heteroatoms. The minimum atomic E-state index is -0.130. The number of piperidine rings is 1. The number of benzene rings is 2. The maximum atomic E-state index is 9.96. The number of pyridine rings is 1. The van der Waals surface area contributed by atoms with Gasteiger partial charge in [0.1, 0.15) is 11.4 Å². The van der Waals surface area contributed by atoms with E-state index in [9.17, 15) is 10.2 Å². The highest BCUT2D eigenvalue weighted by molar-refractivity contribution is 6.02. The van der Waals surface area contributed by atoms with Crippen molar-refractivity contribution in [2.75, 3.05) is 25.4 Å². The van der Waals surface area contributed by atoms with Gasteiger partial charge < -0.3 is 25.4 Å². The highest BCUT2D eigenvalue weighted by Crippen LogP contribution is 2.36. The van der Waals surface area contributed by atoms with Gasteiger partial charge in [-0.05, 0) is 60.7 Å². The molecule has 0 bridgehead atoms. The van der Waals surface area contributed by atoms with Gasteiger partial charge >= 0.3 is 0 Å². The number of aromatic nitrogens is 2. The molecule has 0 spiro atoms. The van der Waals surface area contributed by atoms with Crippen LogP contribution in [0, 0.1) is 0 Å². The zero-order valence-electron chi connectivity index (χ0n) is 18.0. The first-order valence-corrected chi connectivity index (χ1v) is 11.1. The average molecular weight is 429 g/mol. The number of hydrogen-bond acceptors (Lipinski definition) is 5. The van der Waals surface area contributed by atoms with Crippen molar-refractivity contribution in [3.63, 3.8) is 0 Å². The molecule has 4 N–H and O–H groups in total. The molecule has 0 unspecified atom stereocenters. The Bertz CT molecular complexity index is 1220. The lowest BCUT2D eigenvalue weighted by atomic mass is 10.0. The van der Waals surface area contributed by atoms with E-state index in [1.807, 2.05) is 24.4 Å². The number of aliphatic hydroxyl groups is 1. The van der Waals surface area contributed by atoms with Crippen molar-refractivity contribution < 1.29 is 10.2 Å². The molecule has 0 atom stereocenters. The zero-order chi connectivity index (χ0) is 22.1. The van der Waals surface area contributed by atoms with Gasteiger partial charge in [0.05, 0.1) is 11.5 Å². The van der Waals surface area contributed by atoms with Crippen molar-refractivity contribution in [3.05, 3.63) is 72.6 Å². The van der Waals surface area contributed by atoms with Crippen molar-refractivity contribution in [2.24, 2.45) is 0 Å². The topological polar surface area (TPSA) is 87.5 Å². The second-order valence-corrected chi connectivity index (χ2v) is 8.55. The first-order chi connectivity index (χ1) is 15.6. The fourth-order valence-corrected chi connectivity index (χ4v) is 4.52. The quantitative estimate of drug-likeness (QED) is 0.448. The molecule has 2 aromatic heterocycles. The monoisotopic (exact) mass is 428 g/mol. The minimum Gasteiger partial charge on any atom is -0.508 e. The lowest BCUT2D eigenvalue weighted by molar-refractivity contribution is 0.0832. The van der Waals surface area contributed by atoms with Crippen LogP contribution in [0.1, 0.15) is 18.4 Å². The summed E-state index contributed by atoms with van der Waals surface area (Å²) in [4.78, 5) is 7.03. The Morgan fingerprint density at radius 2 is 1.81 bits per heavy atom. The van der Waals surface area contributed by atoms with Crippen LogP contribution in [0.25, 0.3) is 27.8 Å².